The van der Waals surface area contributed by atoms with Crippen LogP contribution >= 0.6 is 11.6 Å². The van der Waals surface area contributed by atoms with E-state index in [4.69, 9.17) is 11.6 Å². The molecule has 0 bridgehead atoms. The van der Waals surface area contributed by atoms with Crippen LogP contribution in [-0.2, 0) is 0 Å². The Morgan fingerprint density at radius 1 is 1.28 bits per heavy atom. The second-order valence-corrected chi connectivity index (χ2v) is 6.57. The number of carbonyl (C=O) groups excluding carboxylic acids is 1. The van der Waals surface area contributed by atoms with E-state index in [9.17, 15) is 4.79 Å². The molecule has 3 rings (SSSR count). The Morgan fingerprint density at radius 2 is 2.00 bits per heavy atom. The number of hydrogen-bond acceptors (Lipinski definition) is 3. The average molecular weight is 360 g/mol. The minimum Gasteiger partial charge on any atom is -0.334 e. The molecule has 1 aromatic heterocycles. The highest BCUT2D eigenvalue weighted by atomic mass is 35.5. The molecule has 1 aliphatic rings. The quantitative estimate of drug-likeness (QED) is 0.643. The van der Waals surface area contributed by atoms with E-state index >= 15 is 0 Å². The zero-order valence-electron chi connectivity index (χ0n) is 14.2. The second kappa shape index (κ2) is 8.16. The molecule has 0 saturated heterocycles. The SMILES string of the molecule is Cc1c(/C=N/NC(=O)NC2CCCCC2)c(Cl)nn1-c1ccccc1. The molecule has 1 aromatic carbocycles. The van der Waals surface area contributed by atoms with Gasteiger partial charge in [-0.2, -0.15) is 10.2 Å². The lowest BCUT2D eigenvalue weighted by molar-refractivity contribution is 0.233. The van der Waals surface area contributed by atoms with Crippen molar-refractivity contribution in [3.8, 4) is 5.69 Å². The molecule has 0 spiro atoms. The average Bonchev–Trinajstić information content (AvgIpc) is 2.91. The van der Waals surface area contributed by atoms with Gasteiger partial charge in [0.15, 0.2) is 5.15 Å². The van der Waals surface area contributed by atoms with Gasteiger partial charge in [-0.25, -0.2) is 14.9 Å². The number of para-hydroxylation sites is 1. The maximum absolute atomic E-state index is 11.9. The van der Waals surface area contributed by atoms with Crippen molar-refractivity contribution in [1.29, 1.82) is 0 Å². The van der Waals surface area contributed by atoms with Gasteiger partial charge in [-0.3, -0.25) is 0 Å². The van der Waals surface area contributed by atoms with Crippen molar-refractivity contribution in [2.24, 2.45) is 5.10 Å². The number of hydrazone groups is 1. The first kappa shape index (κ1) is 17.5. The Kier molecular flexibility index (Phi) is 5.71. The number of urea groups is 1. The van der Waals surface area contributed by atoms with Crippen molar-refractivity contribution >= 4 is 23.8 Å². The van der Waals surface area contributed by atoms with E-state index in [-0.39, 0.29) is 12.1 Å². The van der Waals surface area contributed by atoms with Crippen LogP contribution in [0.3, 0.4) is 0 Å². The van der Waals surface area contributed by atoms with Crippen LogP contribution in [0.5, 0.6) is 0 Å². The molecule has 2 N–H and O–H groups in total. The number of carbonyl (C=O) groups is 1. The number of halogens is 1. The number of hydrogen-bond donors (Lipinski definition) is 2. The Labute approximate surface area is 152 Å². The first-order valence-electron chi connectivity index (χ1n) is 8.55. The molecule has 2 amide bonds. The number of amides is 2. The monoisotopic (exact) mass is 359 g/mol. The van der Waals surface area contributed by atoms with Crippen LogP contribution in [0.15, 0.2) is 35.4 Å². The molecule has 0 atom stereocenters. The van der Waals surface area contributed by atoms with Crippen molar-refractivity contribution in [2.75, 3.05) is 0 Å². The van der Waals surface area contributed by atoms with Crippen molar-refractivity contribution in [1.82, 2.24) is 20.5 Å². The molecule has 6 nitrogen and oxygen atoms in total. The number of nitrogens with zero attached hydrogens (tertiary/aromatic N) is 3. The summed E-state index contributed by atoms with van der Waals surface area (Å²) >= 11 is 6.22. The summed E-state index contributed by atoms with van der Waals surface area (Å²) in [5.41, 5.74) is 4.97. The third-order valence-electron chi connectivity index (χ3n) is 4.42. The van der Waals surface area contributed by atoms with E-state index in [1.54, 1.807) is 4.68 Å². The van der Waals surface area contributed by atoms with E-state index in [0.717, 1.165) is 24.2 Å². The summed E-state index contributed by atoms with van der Waals surface area (Å²) in [7, 11) is 0. The molecular weight excluding hydrogens is 338 g/mol. The zero-order chi connectivity index (χ0) is 17.6. The molecule has 1 heterocycles. The van der Waals surface area contributed by atoms with Gasteiger partial charge in [0.1, 0.15) is 0 Å². The zero-order valence-corrected chi connectivity index (χ0v) is 15.0. The maximum atomic E-state index is 11.9. The lowest BCUT2D eigenvalue weighted by Crippen LogP contribution is -2.41. The molecule has 0 unspecified atom stereocenters. The summed E-state index contributed by atoms with van der Waals surface area (Å²) in [6.07, 6.45) is 7.19. The number of benzene rings is 1. The van der Waals surface area contributed by atoms with Gasteiger partial charge in [-0.05, 0) is 31.9 Å². The van der Waals surface area contributed by atoms with Gasteiger partial charge in [0.2, 0.25) is 0 Å². The van der Waals surface area contributed by atoms with Gasteiger partial charge in [0, 0.05) is 6.04 Å². The Bertz CT molecular complexity index is 750. The maximum Gasteiger partial charge on any atom is 0.335 e. The van der Waals surface area contributed by atoms with E-state index in [1.165, 1.54) is 25.5 Å². The molecular formula is C18H22ClN5O. The number of aromatic nitrogens is 2. The van der Waals surface area contributed by atoms with E-state index < -0.39 is 0 Å². The third kappa shape index (κ3) is 4.39. The summed E-state index contributed by atoms with van der Waals surface area (Å²) in [5.74, 6) is 0. The minimum absolute atomic E-state index is 0.245. The van der Waals surface area contributed by atoms with Crippen molar-refractivity contribution < 1.29 is 4.79 Å². The van der Waals surface area contributed by atoms with Gasteiger partial charge in [-0.1, -0.05) is 49.1 Å². The summed E-state index contributed by atoms with van der Waals surface area (Å²) in [5, 5.41) is 11.6. The summed E-state index contributed by atoms with van der Waals surface area (Å²) < 4.78 is 1.76. The third-order valence-corrected chi connectivity index (χ3v) is 4.70. The predicted molar refractivity (Wildman–Crippen MR) is 99.4 cm³/mol. The van der Waals surface area contributed by atoms with Crippen LogP contribution in [0.2, 0.25) is 5.15 Å². The second-order valence-electron chi connectivity index (χ2n) is 6.22. The Hall–Kier alpha value is -2.34. The van der Waals surface area contributed by atoms with Crippen LogP contribution in [-0.4, -0.2) is 28.1 Å². The normalized spacial score (nSPS) is 15.4. The van der Waals surface area contributed by atoms with Crippen LogP contribution < -0.4 is 10.7 Å². The molecule has 1 aliphatic carbocycles. The lowest BCUT2D eigenvalue weighted by atomic mass is 9.96. The molecule has 132 valence electrons. The molecule has 7 heteroatoms. The van der Waals surface area contributed by atoms with Gasteiger partial charge in [-0.15, -0.1) is 0 Å². The standard InChI is InChI=1S/C18H22ClN5O/c1-13-16(17(19)23-24(13)15-10-6-3-7-11-15)12-20-22-18(25)21-14-8-4-2-5-9-14/h3,6-7,10-12,14H,2,4-5,8-9H2,1H3,(H2,21,22,25)/b20-12+. The van der Waals surface area contributed by atoms with Gasteiger partial charge in [0.25, 0.3) is 0 Å². The van der Waals surface area contributed by atoms with Crippen molar-refractivity contribution in [3.05, 3.63) is 46.7 Å². The van der Waals surface area contributed by atoms with E-state index in [2.05, 4.69) is 20.9 Å². The van der Waals surface area contributed by atoms with Crippen LogP contribution in [0.4, 0.5) is 4.79 Å². The van der Waals surface area contributed by atoms with Crippen LogP contribution in [0.1, 0.15) is 43.4 Å². The molecule has 0 radical (unpaired) electrons. The Balaban J connectivity index is 1.63. The predicted octanol–water partition coefficient (Wildman–Crippen LogP) is 3.80. The highest BCUT2D eigenvalue weighted by molar-refractivity contribution is 6.32. The number of rotatable bonds is 4. The first-order chi connectivity index (χ1) is 12.1. The fourth-order valence-corrected chi connectivity index (χ4v) is 3.33. The van der Waals surface area contributed by atoms with E-state index in [0.29, 0.717) is 10.7 Å². The largest absolute Gasteiger partial charge is 0.335 e. The summed E-state index contributed by atoms with van der Waals surface area (Å²) in [6.45, 7) is 1.91. The molecule has 2 aromatic rings. The molecule has 25 heavy (non-hydrogen) atoms. The van der Waals surface area contributed by atoms with Crippen molar-refractivity contribution in [3.63, 3.8) is 0 Å². The number of nitrogens with one attached hydrogen (secondary N) is 2. The fraction of sp³-hybridized carbons (Fsp3) is 0.389. The lowest BCUT2D eigenvalue weighted by Gasteiger charge is -2.22. The highest BCUT2D eigenvalue weighted by Gasteiger charge is 2.15. The first-order valence-corrected chi connectivity index (χ1v) is 8.93. The topological polar surface area (TPSA) is 71.3 Å². The van der Waals surface area contributed by atoms with Crippen molar-refractivity contribution in [2.45, 2.75) is 45.1 Å². The molecule has 1 fully saturated rings. The summed E-state index contributed by atoms with van der Waals surface area (Å²) in [4.78, 5) is 11.9. The fourth-order valence-electron chi connectivity index (χ4n) is 3.07. The molecule has 0 aliphatic heterocycles. The van der Waals surface area contributed by atoms with E-state index in [1.807, 2.05) is 37.3 Å². The molecule has 1 saturated carbocycles. The van der Waals surface area contributed by atoms with Crippen LogP contribution in [0.25, 0.3) is 5.69 Å². The van der Waals surface area contributed by atoms with Gasteiger partial charge < -0.3 is 5.32 Å². The summed E-state index contributed by atoms with van der Waals surface area (Å²) in [6, 6.07) is 9.69. The minimum atomic E-state index is -0.285. The Morgan fingerprint density at radius 3 is 2.72 bits per heavy atom. The van der Waals surface area contributed by atoms with Gasteiger partial charge >= 0.3 is 6.03 Å². The van der Waals surface area contributed by atoms with Gasteiger partial charge in [0.05, 0.1) is 23.2 Å². The van der Waals surface area contributed by atoms with Crippen LogP contribution in [0, 0.1) is 6.92 Å². The smallest absolute Gasteiger partial charge is 0.334 e. The highest BCUT2D eigenvalue weighted by Crippen LogP contribution is 2.20.